The van der Waals surface area contributed by atoms with Crippen molar-refractivity contribution >= 4 is 91.0 Å². The van der Waals surface area contributed by atoms with Gasteiger partial charge in [0, 0.05) is 68.2 Å². The van der Waals surface area contributed by atoms with E-state index in [2.05, 4.69) is 0 Å². The van der Waals surface area contributed by atoms with Crippen LogP contribution in [-0.4, -0.2) is 151 Å². The van der Waals surface area contributed by atoms with Gasteiger partial charge in [-0.25, -0.2) is 54.5 Å². The second-order valence-corrected chi connectivity index (χ2v) is 21.0. The standard InChI is InChI=1S/C38H60O36P4/c1-11-13-31(47)69-33-35(71-75(49,61-15-53-23(3)39)62-16-54-24(4)40)37(73-77(51,65-19-57-27(7)43)66-20-58-28(8)44)34(70-32(48)14-12-2)38(74-78(52,67-21-59-29(9)45)68-22-60-30(10)46)36(33)72-76(50,63-17-55-25(5)41)64-18-56-26(6)42/h33-38H,11-22H2,1-10H3/t33?,34?,35-,36-,37-,38+/m0/s1. The van der Waals surface area contributed by atoms with Gasteiger partial charge in [0.15, 0.2) is 12.2 Å². The summed E-state index contributed by atoms with van der Waals surface area (Å²) in [5, 5.41) is 0. The number of esters is 10. The fourth-order valence-corrected chi connectivity index (χ4v) is 9.47. The molecule has 0 spiro atoms. The second kappa shape index (κ2) is 35.7. The van der Waals surface area contributed by atoms with Gasteiger partial charge < -0.3 is 47.4 Å². The molecule has 0 bridgehead atoms. The van der Waals surface area contributed by atoms with E-state index in [1.165, 1.54) is 13.8 Å². The molecule has 1 aliphatic carbocycles. The van der Waals surface area contributed by atoms with Gasteiger partial charge in [-0.2, -0.15) is 0 Å². The lowest BCUT2D eigenvalue weighted by atomic mass is 9.84. The zero-order chi connectivity index (χ0) is 59.3. The lowest BCUT2D eigenvalue weighted by molar-refractivity contribution is -0.236. The Morgan fingerprint density at radius 3 is 0.564 bits per heavy atom. The van der Waals surface area contributed by atoms with Crippen molar-refractivity contribution in [3.8, 4) is 0 Å². The first-order valence-electron chi connectivity index (χ1n) is 22.2. The van der Waals surface area contributed by atoms with Crippen LogP contribution in [0.1, 0.15) is 94.9 Å². The predicted molar refractivity (Wildman–Crippen MR) is 241 cm³/mol. The van der Waals surface area contributed by atoms with Crippen LogP contribution in [0.4, 0.5) is 0 Å². The zero-order valence-electron chi connectivity index (χ0n) is 43.4. The molecule has 0 saturated heterocycles. The lowest BCUT2D eigenvalue weighted by Crippen LogP contribution is -2.67. The smallest absolute Gasteiger partial charge is 0.457 e. The number of carbonyl (C=O) groups is 10. The second-order valence-electron chi connectivity index (χ2n) is 14.5. The van der Waals surface area contributed by atoms with E-state index < -0.39 is 195 Å². The van der Waals surface area contributed by atoms with Gasteiger partial charge in [-0.3, -0.25) is 66.0 Å². The summed E-state index contributed by atoms with van der Waals surface area (Å²) in [6.45, 7) is -1.42. The van der Waals surface area contributed by atoms with Crippen LogP contribution in [0, 0.1) is 0 Å². The van der Waals surface area contributed by atoms with Crippen molar-refractivity contribution in [3.63, 3.8) is 0 Å². The van der Waals surface area contributed by atoms with Crippen LogP contribution in [0.15, 0.2) is 0 Å². The highest BCUT2D eigenvalue weighted by atomic mass is 31.2. The van der Waals surface area contributed by atoms with E-state index in [-0.39, 0.29) is 12.8 Å². The lowest BCUT2D eigenvalue weighted by Gasteiger charge is -2.49. The Morgan fingerprint density at radius 2 is 0.436 bits per heavy atom. The molecule has 0 N–H and O–H groups in total. The Balaban J connectivity index is 4.98. The molecular weight excluding hydrogens is 1160 g/mol. The number of phosphoric acid groups is 4. The average Bonchev–Trinajstić information content (AvgIpc) is 3.29. The van der Waals surface area contributed by atoms with Crippen LogP contribution in [0.5, 0.6) is 0 Å². The molecule has 1 fully saturated rings. The van der Waals surface area contributed by atoms with E-state index >= 15 is 0 Å². The highest BCUT2D eigenvalue weighted by molar-refractivity contribution is 7.49. The maximum absolute atomic E-state index is 14.9. The van der Waals surface area contributed by atoms with Gasteiger partial charge in [-0.05, 0) is 12.8 Å². The molecule has 40 heteroatoms. The molecule has 1 rings (SSSR count). The van der Waals surface area contributed by atoms with E-state index in [0.717, 1.165) is 55.4 Å². The summed E-state index contributed by atoms with van der Waals surface area (Å²) in [6.07, 6.45) is -18.5. The average molecular weight is 1220 g/mol. The summed E-state index contributed by atoms with van der Waals surface area (Å²) in [4.78, 5) is 123. The number of carbonyl (C=O) groups excluding carboxylic acids is 10. The van der Waals surface area contributed by atoms with Gasteiger partial charge in [0.25, 0.3) is 0 Å². The quantitative estimate of drug-likeness (QED) is 0.0368. The molecule has 1 saturated carbocycles. The molecule has 36 nitrogen and oxygen atoms in total. The van der Waals surface area contributed by atoms with Gasteiger partial charge in [-0.15, -0.1) is 0 Å². The SMILES string of the molecule is CCCC(=O)OC1[C@@H](OP(=O)(OCOC(C)=O)OCOC(C)=O)[C@@H](OP(=O)(OCOC(C)=O)OCOC(C)=O)C(OC(=O)CCC)[C@H](OP(=O)(OCOC(C)=O)OCOC(C)=O)[C@H]1OP(=O)(OCOC(C)=O)OCOC(C)=O. The van der Waals surface area contributed by atoms with Crippen molar-refractivity contribution in [1.29, 1.82) is 0 Å². The fourth-order valence-electron chi connectivity index (χ4n) is 5.08. The van der Waals surface area contributed by atoms with Gasteiger partial charge in [0.05, 0.1) is 0 Å². The van der Waals surface area contributed by atoms with Crippen LogP contribution in [0.3, 0.4) is 0 Å². The number of hydrogen-bond acceptors (Lipinski definition) is 36. The normalized spacial score (nSPS) is 18.5. The first kappa shape index (κ1) is 71.2. The van der Waals surface area contributed by atoms with Crippen LogP contribution >= 0.6 is 31.3 Å². The van der Waals surface area contributed by atoms with Gasteiger partial charge in [0.1, 0.15) is 24.4 Å². The van der Waals surface area contributed by atoms with E-state index in [0.29, 0.717) is 0 Å². The third kappa shape index (κ3) is 29.4. The minimum Gasteiger partial charge on any atom is -0.457 e. The molecule has 6 atom stereocenters. The van der Waals surface area contributed by atoms with Crippen molar-refractivity contribution in [1.82, 2.24) is 0 Å². The first-order chi connectivity index (χ1) is 36.4. The molecule has 0 heterocycles. The Morgan fingerprint density at radius 1 is 0.282 bits per heavy atom. The molecule has 448 valence electrons. The van der Waals surface area contributed by atoms with Crippen molar-refractivity contribution in [2.24, 2.45) is 0 Å². The summed E-state index contributed by atoms with van der Waals surface area (Å²) in [6, 6.07) is 0. The topological polar surface area (TPSA) is 442 Å². The first-order valence-corrected chi connectivity index (χ1v) is 28.0. The Hall–Kier alpha value is -4.86. The summed E-state index contributed by atoms with van der Waals surface area (Å²) in [5.41, 5.74) is 0. The molecule has 0 aromatic heterocycles. The minimum atomic E-state index is -5.81. The van der Waals surface area contributed by atoms with E-state index in [9.17, 15) is 66.2 Å². The van der Waals surface area contributed by atoms with Crippen molar-refractivity contribution in [2.75, 3.05) is 54.3 Å². The molecule has 0 radical (unpaired) electrons. The van der Waals surface area contributed by atoms with E-state index in [1.54, 1.807) is 0 Å². The number of hydrogen-bond donors (Lipinski definition) is 0. The number of ether oxygens (including phenoxy) is 10. The molecule has 0 aromatic carbocycles. The summed E-state index contributed by atoms with van der Waals surface area (Å²) in [7, 11) is -23.2. The monoisotopic (exact) mass is 1220 g/mol. The van der Waals surface area contributed by atoms with Crippen LogP contribution in [0.2, 0.25) is 0 Å². The number of phosphoric ester groups is 4. The Bertz CT molecular complexity index is 1860. The van der Waals surface area contributed by atoms with Crippen LogP contribution < -0.4 is 0 Å². The van der Waals surface area contributed by atoms with Crippen molar-refractivity contribution in [3.05, 3.63) is 0 Å². The third-order valence-electron chi connectivity index (χ3n) is 8.17. The van der Waals surface area contributed by atoms with Crippen LogP contribution in [0.25, 0.3) is 0 Å². The van der Waals surface area contributed by atoms with Gasteiger partial charge >= 0.3 is 91.0 Å². The maximum Gasteiger partial charge on any atom is 0.481 e. The molecule has 1 aliphatic rings. The Labute approximate surface area is 444 Å². The van der Waals surface area contributed by atoms with Crippen molar-refractivity contribution < 1.29 is 168 Å². The molecule has 0 aliphatic heterocycles. The van der Waals surface area contributed by atoms with E-state index in [1.807, 2.05) is 0 Å². The number of rotatable bonds is 38. The highest BCUT2D eigenvalue weighted by Crippen LogP contribution is 2.61. The molecule has 2 unspecified atom stereocenters. The predicted octanol–water partition coefficient (Wildman–Crippen LogP) is 3.69. The maximum atomic E-state index is 14.9. The summed E-state index contributed by atoms with van der Waals surface area (Å²) in [5.74, 6) is -11.6. The van der Waals surface area contributed by atoms with Gasteiger partial charge in [0.2, 0.25) is 54.3 Å². The summed E-state index contributed by atoms with van der Waals surface area (Å²) < 4.78 is 173. The molecule has 0 amide bonds. The van der Waals surface area contributed by atoms with Crippen LogP contribution in [-0.2, 0) is 168 Å². The molecular formula is C38H60O36P4. The zero-order valence-corrected chi connectivity index (χ0v) is 47.0. The largest absolute Gasteiger partial charge is 0.481 e. The highest BCUT2D eigenvalue weighted by Gasteiger charge is 2.64. The fraction of sp³-hybridized carbons (Fsp3) is 0.737. The van der Waals surface area contributed by atoms with E-state index in [4.69, 9.17) is 102 Å². The molecule has 78 heavy (non-hydrogen) atoms. The van der Waals surface area contributed by atoms with Gasteiger partial charge in [-0.1, -0.05) is 13.8 Å². The summed E-state index contributed by atoms with van der Waals surface area (Å²) >= 11 is 0. The Kier molecular flexibility index (Phi) is 32.6. The minimum absolute atomic E-state index is 0.0863. The third-order valence-corrected chi connectivity index (χ3v) is 13.6. The van der Waals surface area contributed by atoms with Crippen molar-refractivity contribution in [2.45, 2.75) is 132 Å². The molecule has 0 aromatic rings.